The standard InChI is InChI=1S/C19H19NO5S/c1-22-15-7-5-13(10-16(15)23-2)6-8-19(21)24-12-14-11-17(25-20-14)18-4-3-9-26-18/h3-5,7,9-11H,6,8,12H2,1-2H3. The van der Waals surface area contributed by atoms with E-state index in [4.69, 9.17) is 18.7 Å². The zero-order valence-electron chi connectivity index (χ0n) is 14.6. The first-order valence-corrected chi connectivity index (χ1v) is 8.93. The smallest absolute Gasteiger partial charge is 0.306 e. The Hall–Kier alpha value is -2.80. The highest BCUT2D eigenvalue weighted by Crippen LogP contribution is 2.28. The summed E-state index contributed by atoms with van der Waals surface area (Å²) in [4.78, 5) is 13.0. The number of thiophene rings is 1. The molecule has 0 spiro atoms. The Morgan fingerprint density at radius 1 is 1.15 bits per heavy atom. The van der Waals surface area contributed by atoms with Crippen LogP contribution in [0.2, 0.25) is 0 Å². The van der Waals surface area contributed by atoms with Crippen molar-refractivity contribution >= 4 is 17.3 Å². The first kappa shape index (κ1) is 18.0. The van der Waals surface area contributed by atoms with E-state index in [2.05, 4.69) is 5.16 Å². The number of carbonyl (C=O) groups is 1. The van der Waals surface area contributed by atoms with E-state index in [1.807, 2.05) is 35.7 Å². The summed E-state index contributed by atoms with van der Waals surface area (Å²) in [6, 6.07) is 11.3. The molecule has 2 heterocycles. The third kappa shape index (κ3) is 4.43. The molecule has 0 aliphatic carbocycles. The van der Waals surface area contributed by atoms with Crippen molar-refractivity contribution in [2.45, 2.75) is 19.4 Å². The van der Waals surface area contributed by atoms with Gasteiger partial charge in [0.25, 0.3) is 0 Å². The highest BCUT2D eigenvalue weighted by atomic mass is 32.1. The minimum absolute atomic E-state index is 0.0969. The Labute approximate surface area is 155 Å². The average Bonchev–Trinajstić information content (AvgIpc) is 3.35. The maximum absolute atomic E-state index is 12.0. The minimum Gasteiger partial charge on any atom is -0.493 e. The number of hydrogen-bond acceptors (Lipinski definition) is 7. The summed E-state index contributed by atoms with van der Waals surface area (Å²) in [5.41, 5.74) is 1.56. The van der Waals surface area contributed by atoms with Gasteiger partial charge in [-0.25, -0.2) is 0 Å². The van der Waals surface area contributed by atoms with E-state index in [1.54, 1.807) is 31.6 Å². The van der Waals surface area contributed by atoms with Crippen molar-refractivity contribution in [1.82, 2.24) is 5.16 Å². The second-order valence-electron chi connectivity index (χ2n) is 5.51. The van der Waals surface area contributed by atoms with Crippen molar-refractivity contribution in [3.63, 3.8) is 0 Å². The van der Waals surface area contributed by atoms with Gasteiger partial charge in [0.15, 0.2) is 17.3 Å². The Bertz CT molecular complexity index is 857. The number of aryl methyl sites for hydroxylation is 1. The van der Waals surface area contributed by atoms with Gasteiger partial charge < -0.3 is 18.7 Å². The number of hydrogen-bond donors (Lipinski definition) is 0. The average molecular weight is 373 g/mol. The Morgan fingerprint density at radius 2 is 2.00 bits per heavy atom. The molecule has 0 radical (unpaired) electrons. The number of nitrogens with zero attached hydrogens (tertiary/aromatic N) is 1. The topological polar surface area (TPSA) is 70.8 Å². The van der Waals surface area contributed by atoms with Gasteiger partial charge in [0.2, 0.25) is 0 Å². The second kappa shape index (κ2) is 8.53. The molecular weight excluding hydrogens is 354 g/mol. The van der Waals surface area contributed by atoms with Crippen molar-refractivity contribution in [3.05, 3.63) is 53.0 Å². The van der Waals surface area contributed by atoms with E-state index in [9.17, 15) is 4.79 Å². The molecule has 0 unspecified atom stereocenters. The molecule has 0 saturated heterocycles. The van der Waals surface area contributed by atoms with Gasteiger partial charge >= 0.3 is 5.97 Å². The molecule has 0 atom stereocenters. The van der Waals surface area contributed by atoms with Crippen LogP contribution in [0.25, 0.3) is 10.6 Å². The SMILES string of the molecule is COc1ccc(CCC(=O)OCc2cc(-c3cccs3)on2)cc1OC. The molecule has 3 rings (SSSR count). The monoisotopic (exact) mass is 373 g/mol. The zero-order valence-corrected chi connectivity index (χ0v) is 15.4. The molecule has 0 aliphatic rings. The van der Waals surface area contributed by atoms with Crippen molar-refractivity contribution in [3.8, 4) is 22.1 Å². The fraction of sp³-hybridized carbons (Fsp3) is 0.263. The molecule has 136 valence electrons. The molecule has 3 aromatic rings. The molecule has 0 saturated carbocycles. The lowest BCUT2D eigenvalue weighted by Crippen LogP contribution is -2.06. The van der Waals surface area contributed by atoms with Crippen LogP contribution in [0.4, 0.5) is 0 Å². The largest absolute Gasteiger partial charge is 0.493 e. The fourth-order valence-corrected chi connectivity index (χ4v) is 3.10. The van der Waals surface area contributed by atoms with Gasteiger partial charge in [-0.3, -0.25) is 4.79 Å². The number of rotatable bonds is 8. The van der Waals surface area contributed by atoms with Gasteiger partial charge in [0.05, 0.1) is 19.1 Å². The lowest BCUT2D eigenvalue weighted by molar-refractivity contribution is -0.145. The molecule has 0 fully saturated rings. The quantitative estimate of drug-likeness (QED) is 0.554. The van der Waals surface area contributed by atoms with E-state index in [0.29, 0.717) is 29.4 Å². The number of esters is 1. The van der Waals surface area contributed by atoms with Gasteiger partial charge in [-0.05, 0) is 35.6 Å². The highest BCUT2D eigenvalue weighted by molar-refractivity contribution is 7.13. The second-order valence-corrected chi connectivity index (χ2v) is 6.46. The van der Waals surface area contributed by atoms with Crippen LogP contribution in [0.5, 0.6) is 11.5 Å². The summed E-state index contributed by atoms with van der Waals surface area (Å²) >= 11 is 1.56. The Kier molecular flexibility index (Phi) is 5.91. The summed E-state index contributed by atoms with van der Waals surface area (Å²) in [6.07, 6.45) is 0.823. The molecular formula is C19H19NO5S. The van der Waals surface area contributed by atoms with Gasteiger partial charge in [-0.1, -0.05) is 17.3 Å². The van der Waals surface area contributed by atoms with Crippen LogP contribution in [0, 0.1) is 0 Å². The van der Waals surface area contributed by atoms with Crippen molar-refractivity contribution in [2.75, 3.05) is 14.2 Å². The lowest BCUT2D eigenvalue weighted by atomic mass is 10.1. The van der Waals surface area contributed by atoms with Crippen LogP contribution in [-0.4, -0.2) is 25.3 Å². The summed E-state index contributed by atoms with van der Waals surface area (Å²) < 4.78 is 21.0. The zero-order chi connectivity index (χ0) is 18.4. The van der Waals surface area contributed by atoms with E-state index in [1.165, 1.54) is 0 Å². The van der Waals surface area contributed by atoms with Crippen LogP contribution in [0.1, 0.15) is 17.7 Å². The maximum atomic E-state index is 12.0. The molecule has 6 nitrogen and oxygen atoms in total. The summed E-state index contributed by atoms with van der Waals surface area (Å²) in [6.45, 7) is 0.0969. The number of methoxy groups -OCH3 is 2. The molecule has 0 amide bonds. The molecule has 2 aromatic heterocycles. The van der Waals surface area contributed by atoms with Gasteiger partial charge in [0.1, 0.15) is 12.3 Å². The number of carbonyl (C=O) groups excluding carboxylic acids is 1. The van der Waals surface area contributed by atoms with Gasteiger partial charge in [0, 0.05) is 12.5 Å². The van der Waals surface area contributed by atoms with Crippen LogP contribution < -0.4 is 9.47 Å². The van der Waals surface area contributed by atoms with Gasteiger partial charge in [-0.15, -0.1) is 11.3 Å². The molecule has 7 heteroatoms. The van der Waals surface area contributed by atoms with Crippen molar-refractivity contribution < 1.29 is 23.5 Å². The fourth-order valence-electron chi connectivity index (χ4n) is 2.42. The number of ether oxygens (including phenoxy) is 3. The van der Waals surface area contributed by atoms with E-state index in [-0.39, 0.29) is 19.0 Å². The van der Waals surface area contributed by atoms with E-state index >= 15 is 0 Å². The van der Waals surface area contributed by atoms with Gasteiger partial charge in [-0.2, -0.15) is 0 Å². The first-order valence-electron chi connectivity index (χ1n) is 8.05. The van der Waals surface area contributed by atoms with Crippen molar-refractivity contribution in [1.29, 1.82) is 0 Å². The first-order chi connectivity index (χ1) is 12.7. The summed E-state index contributed by atoms with van der Waals surface area (Å²) in [5.74, 6) is 1.69. The third-order valence-electron chi connectivity index (χ3n) is 3.77. The van der Waals surface area contributed by atoms with Crippen LogP contribution in [-0.2, 0) is 22.6 Å². The van der Waals surface area contributed by atoms with Crippen LogP contribution in [0.15, 0.2) is 46.3 Å². The predicted octanol–water partition coefficient (Wildman–Crippen LogP) is 4.10. The third-order valence-corrected chi connectivity index (χ3v) is 4.65. The summed E-state index contributed by atoms with van der Waals surface area (Å²) in [7, 11) is 3.17. The number of aromatic nitrogens is 1. The molecule has 26 heavy (non-hydrogen) atoms. The Morgan fingerprint density at radius 3 is 2.73 bits per heavy atom. The highest BCUT2D eigenvalue weighted by Gasteiger charge is 2.11. The predicted molar refractivity (Wildman–Crippen MR) is 97.5 cm³/mol. The Balaban J connectivity index is 1.49. The normalized spacial score (nSPS) is 10.5. The van der Waals surface area contributed by atoms with Crippen molar-refractivity contribution in [2.24, 2.45) is 0 Å². The lowest BCUT2D eigenvalue weighted by Gasteiger charge is -2.09. The molecule has 0 N–H and O–H groups in total. The molecule has 1 aromatic carbocycles. The maximum Gasteiger partial charge on any atom is 0.306 e. The van der Waals surface area contributed by atoms with E-state index in [0.717, 1.165) is 10.4 Å². The van der Waals surface area contributed by atoms with E-state index < -0.39 is 0 Å². The van der Waals surface area contributed by atoms with Crippen LogP contribution >= 0.6 is 11.3 Å². The molecule has 0 aliphatic heterocycles. The molecule has 0 bridgehead atoms. The number of benzene rings is 1. The summed E-state index contributed by atoms with van der Waals surface area (Å²) in [5, 5.41) is 5.89. The minimum atomic E-state index is -0.291. The van der Waals surface area contributed by atoms with Crippen LogP contribution in [0.3, 0.4) is 0 Å².